The summed E-state index contributed by atoms with van der Waals surface area (Å²) in [4.78, 5) is 4.35. The van der Waals surface area contributed by atoms with Crippen molar-refractivity contribution in [2.75, 3.05) is 52.2 Å². The Morgan fingerprint density at radius 2 is 2.15 bits per heavy atom. The number of ether oxygens (including phenoxy) is 1. The molecule has 9 heteroatoms. The van der Waals surface area contributed by atoms with Crippen LogP contribution in [0, 0.1) is 0 Å². The molecule has 0 unspecified atom stereocenters. The molecule has 0 aromatic carbocycles. The third kappa shape index (κ3) is 7.04. The Morgan fingerprint density at radius 1 is 1.40 bits per heavy atom. The summed E-state index contributed by atoms with van der Waals surface area (Å²) >= 11 is 0. The molecular weight excluding hydrogens is 395 g/mol. The smallest absolute Gasteiger partial charge is 0.214 e. The van der Waals surface area contributed by atoms with Crippen molar-refractivity contribution in [1.82, 2.24) is 14.9 Å². The van der Waals surface area contributed by atoms with Crippen molar-refractivity contribution in [3.05, 3.63) is 0 Å². The molecule has 0 aromatic heterocycles. The van der Waals surface area contributed by atoms with Gasteiger partial charge in [0.2, 0.25) is 10.0 Å². The molecule has 2 N–H and O–H groups in total. The van der Waals surface area contributed by atoms with Crippen LogP contribution in [0.1, 0.15) is 13.3 Å². The third-order valence-electron chi connectivity index (χ3n) is 2.77. The Bertz CT molecular complexity index is 389. The van der Waals surface area contributed by atoms with Crippen molar-refractivity contribution in [3.63, 3.8) is 0 Å². The topological polar surface area (TPSA) is 83.0 Å². The Balaban J connectivity index is 0.00000361. The second kappa shape index (κ2) is 10.6. The van der Waals surface area contributed by atoms with Crippen LogP contribution in [0.2, 0.25) is 0 Å². The summed E-state index contributed by atoms with van der Waals surface area (Å²) in [6, 6.07) is 0. The van der Waals surface area contributed by atoms with Crippen LogP contribution in [0.5, 0.6) is 0 Å². The van der Waals surface area contributed by atoms with E-state index in [4.69, 9.17) is 4.74 Å². The van der Waals surface area contributed by atoms with E-state index >= 15 is 0 Å². The zero-order valence-corrected chi connectivity index (χ0v) is 15.2. The first-order valence-electron chi connectivity index (χ1n) is 6.59. The minimum absolute atomic E-state index is 0. The second-order valence-corrected chi connectivity index (χ2v) is 6.34. The fraction of sp³-hybridized carbons (Fsp3) is 0.909. The molecule has 20 heavy (non-hydrogen) atoms. The zero-order valence-electron chi connectivity index (χ0n) is 12.1. The van der Waals surface area contributed by atoms with E-state index in [2.05, 4.69) is 15.6 Å². The van der Waals surface area contributed by atoms with Gasteiger partial charge in [0.1, 0.15) is 0 Å². The molecule has 1 fully saturated rings. The third-order valence-corrected chi connectivity index (χ3v) is 4.72. The predicted octanol–water partition coefficient (Wildman–Crippen LogP) is -0.159. The molecule has 0 amide bonds. The van der Waals surface area contributed by atoms with Gasteiger partial charge in [-0.15, -0.1) is 24.0 Å². The number of guanidine groups is 1. The number of hydrogen-bond acceptors (Lipinski definition) is 4. The first-order valence-corrected chi connectivity index (χ1v) is 8.20. The molecular formula is C11H25IN4O3S. The largest absolute Gasteiger partial charge is 0.383 e. The Labute approximate surface area is 138 Å². The number of aliphatic imine (C=N–C) groups is 1. The number of sulfonamides is 1. The summed E-state index contributed by atoms with van der Waals surface area (Å²) in [5, 5.41) is 6.22. The van der Waals surface area contributed by atoms with Gasteiger partial charge in [0, 0.05) is 33.3 Å². The molecule has 1 aliphatic heterocycles. The van der Waals surface area contributed by atoms with Crippen LogP contribution in [0.4, 0.5) is 0 Å². The van der Waals surface area contributed by atoms with Gasteiger partial charge >= 0.3 is 0 Å². The summed E-state index contributed by atoms with van der Waals surface area (Å²) in [5.41, 5.74) is 0. The fourth-order valence-corrected chi connectivity index (χ4v) is 3.35. The number of hydrogen-bond donors (Lipinski definition) is 2. The minimum Gasteiger partial charge on any atom is -0.383 e. The van der Waals surface area contributed by atoms with Crippen LogP contribution < -0.4 is 10.6 Å². The standard InChI is InChI=1S/C11H24N4O3S.HI/c1-3-12-11(14-6-9-18-2)13-5-8-15-7-4-10-19(15,16)17;/h3-10H2,1-2H3,(H2,12,13,14);1H. The first-order chi connectivity index (χ1) is 9.10. The van der Waals surface area contributed by atoms with Crippen molar-refractivity contribution < 1.29 is 13.2 Å². The molecule has 0 atom stereocenters. The van der Waals surface area contributed by atoms with Gasteiger partial charge in [-0.05, 0) is 13.3 Å². The van der Waals surface area contributed by atoms with Crippen LogP contribution in [-0.2, 0) is 14.8 Å². The van der Waals surface area contributed by atoms with Crippen LogP contribution >= 0.6 is 24.0 Å². The maximum Gasteiger partial charge on any atom is 0.214 e. The van der Waals surface area contributed by atoms with Gasteiger partial charge in [0.25, 0.3) is 0 Å². The number of methoxy groups -OCH3 is 1. The molecule has 0 radical (unpaired) electrons. The van der Waals surface area contributed by atoms with Crippen molar-refractivity contribution in [2.24, 2.45) is 4.99 Å². The van der Waals surface area contributed by atoms with Gasteiger partial charge in [0.15, 0.2) is 5.96 Å². The summed E-state index contributed by atoms with van der Waals surface area (Å²) in [7, 11) is -1.37. The molecule has 1 aliphatic rings. The van der Waals surface area contributed by atoms with E-state index in [1.807, 2.05) is 6.92 Å². The minimum atomic E-state index is -3.01. The van der Waals surface area contributed by atoms with Gasteiger partial charge in [0.05, 0.1) is 18.9 Å². The van der Waals surface area contributed by atoms with E-state index < -0.39 is 10.0 Å². The molecule has 1 heterocycles. The quantitative estimate of drug-likeness (QED) is 0.259. The first kappa shape index (κ1) is 19.9. The van der Waals surface area contributed by atoms with Crippen LogP contribution in [0.15, 0.2) is 4.99 Å². The summed E-state index contributed by atoms with van der Waals surface area (Å²) < 4.78 is 29.7. The monoisotopic (exact) mass is 420 g/mol. The van der Waals surface area contributed by atoms with Crippen molar-refractivity contribution in [1.29, 1.82) is 0 Å². The van der Waals surface area contributed by atoms with E-state index in [-0.39, 0.29) is 29.7 Å². The summed E-state index contributed by atoms with van der Waals surface area (Å²) in [6.45, 7) is 5.55. The lowest BCUT2D eigenvalue weighted by molar-refractivity contribution is 0.203. The lowest BCUT2D eigenvalue weighted by Gasteiger charge is -2.14. The average Bonchev–Trinajstić information content (AvgIpc) is 2.69. The van der Waals surface area contributed by atoms with Crippen molar-refractivity contribution in [3.8, 4) is 0 Å². The van der Waals surface area contributed by atoms with Crippen molar-refractivity contribution >= 4 is 40.0 Å². The lowest BCUT2D eigenvalue weighted by atomic mass is 10.5. The molecule has 0 saturated carbocycles. The number of halogens is 1. The van der Waals surface area contributed by atoms with Gasteiger partial charge in [-0.3, -0.25) is 4.99 Å². The maximum atomic E-state index is 11.6. The predicted molar refractivity (Wildman–Crippen MR) is 91.2 cm³/mol. The molecule has 120 valence electrons. The molecule has 1 rings (SSSR count). The SMILES string of the molecule is CCNC(=NCCN1CCCS1(=O)=O)NCCOC.I. The lowest BCUT2D eigenvalue weighted by Crippen LogP contribution is -2.39. The molecule has 1 saturated heterocycles. The van der Waals surface area contributed by atoms with Crippen LogP contribution in [0.3, 0.4) is 0 Å². The number of nitrogens with zero attached hydrogens (tertiary/aromatic N) is 2. The molecule has 7 nitrogen and oxygen atoms in total. The molecule has 0 aliphatic carbocycles. The maximum absolute atomic E-state index is 11.6. The zero-order chi connectivity index (χ0) is 14.1. The highest BCUT2D eigenvalue weighted by molar-refractivity contribution is 14.0. The second-order valence-electron chi connectivity index (χ2n) is 4.25. The highest BCUT2D eigenvalue weighted by atomic mass is 127. The van der Waals surface area contributed by atoms with E-state index in [9.17, 15) is 8.42 Å². The van der Waals surface area contributed by atoms with Gasteiger partial charge in [-0.1, -0.05) is 0 Å². The molecule has 0 spiro atoms. The number of nitrogens with one attached hydrogen (secondary N) is 2. The Hall–Kier alpha value is -0.130. The van der Waals surface area contributed by atoms with E-state index in [0.717, 1.165) is 13.0 Å². The summed E-state index contributed by atoms with van der Waals surface area (Å²) in [5.74, 6) is 0.958. The highest BCUT2D eigenvalue weighted by Gasteiger charge is 2.27. The molecule has 0 bridgehead atoms. The van der Waals surface area contributed by atoms with Gasteiger partial charge in [-0.25, -0.2) is 12.7 Å². The summed E-state index contributed by atoms with van der Waals surface area (Å²) in [6.07, 6.45) is 0.720. The van der Waals surface area contributed by atoms with Crippen LogP contribution in [-0.4, -0.2) is 70.9 Å². The average molecular weight is 420 g/mol. The van der Waals surface area contributed by atoms with Gasteiger partial charge < -0.3 is 15.4 Å². The Kier molecular flexibility index (Phi) is 10.5. The highest BCUT2D eigenvalue weighted by Crippen LogP contribution is 2.12. The van der Waals surface area contributed by atoms with Crippen LogP contribution in [0.25, 0.3) is 0 Å². The van der Waals surface area contributed by atoms with E-state index in [1.165, 1.54) is 4.31 Å². The van der Waals surface area contributed by atoms with E-state index in [0.29, 0.717) is 38.7 Å². The fourth-order valence-electron chi connectivity index (χ4n) is 1.83. The number of rotatable bonds is 7. The van der Waals surface area contributed by atoms with E-state index in [1.54, 1.807) is 7.11 Å². The Morgan fingerprint density at radius 3 is 2.70 bits per heavy atom. The van der Waals surface area contributed by atoms with Crippen molar-refractivity contribution in [2.45, 2.75) is 13.3 Å². The van der Waals surface area contributed by atoms with Gasteiger partial charge in [-0.2, -0.15) is 0 Å². The normalized spacial score (nSPS) is 18.6. The molecule has 0 aromatic rings.